The van der Waals surface area contributed by atoms with Crippen molar-refractivity contribution >= 4 is 0 Å². The second-order valence-corrected chi connectivity index (χ2v) is 9.77. The lowest BCUT2D eigenvalue weighted by atomic mass is 10.0. The van der Waals surface area contributed by atoms with E-state index in [4.69, 9.17) is 4.74 Å². The zero-order valence-electron chi connectivity index (χ0n) is 22.0. The van der Waals surface area contributed by atoms with Crippen LogP contribution in [0.4, 0.5) is 8.78 Å². The van der Waals surface area contributed by atoms with Gasteiger partial charge in [-0.1, -0.05) is 97.3 Å². The molecular formula is C30H46F2N2O. The Labute approximate surface area is 212 Å². The van der Waals surface area contributed by atoms with Gasteiger partial charge in [-0.15, -0.1) is 0 Å². The maximum atomic E-state index is 14.1. The number of aromatic nitrogens is 2. The first-order valence-electron chi connectivity index (χ1n) is 14.0. The van der Waals surface area contributed by atoms with Gasteiger partial charge in [-0.25, -0.2) is 9.97 Å². The molecule has 0 amide bonds. The lowest BCUT2D eigenvalue weighted by Crippen LogP contribution is -2.24. The smallest absolute Gasteiger partial charge is 0.397 e. The van der Waals surface area contributed by atoms with Gasteiger partial charge in [0.15, 0.2) is 5.82 Å². The number of hydrogen-bond acceptors (Lipinski definition) is 3. The topological polar surface area (TPSA) is 35.0 Å². The number of alkyl halides is 2. The standard InChI is InChI=1S/C30H46F2N2O/c1-3-5-7-9-10-11-12-13-14-16-18-26-24-33-29(34-25-26)27-19-21-28(22-20-27)35-30(31,32)23-17-15-8-6-4-2/h19-22,24-25H,3-18,23H2,1-2H3. The molecule has 0 atom stereocenters. The molecule has 5 heteroatoms. The van der Waals surface area contributed by atoms with Crippen LogP contribution in [0.3, 0.4) is 0 Å². The van der Waals surface area contributed by atoms with E-state index in [-0.39, 0.29) is 12.2 Å². The van der Waals surface area contributed by atoms with Crippen molar-refractivity contribution in [3.8, 4) is 17.1 Å². The number of ether oxygens (including phenoxy) is 1. The van der Waals surface area contributed by atoms with Crippen molar-refractivity contribution in [3.63, 3.8) is 0 Å². The Morgan fingerprint density at radius 2 is 1.14 bits per heavy atom. The van der Waals surface area contributed by atoms with Crippen molar-refractivity contribution in [1.82, 2.24) is 9.97 Å². The molecule has 1 aromatic carbocycles. The summed E-state index contributed by atoms with van der Waals surface area (Å²) in [6, 6.07) is 6.62. The molecule has 1 heterocycles. The number of hydrogen-bond donors (Lipinski definition) is 0. The van der Waals surface area contributed by atoms with Gasteiger partial charge >= 0.3 is 6.11 Å². The second kappa shape index (κ2) is 17.4. The van der Waals surface area contributed by atoms with E-state index in [0.717, 1.165) is 49.7 Å². The van der Waals surface area contributed by atoms with Crippen LogP contribution in [0.5, 0.6) is 5.75 Å². The highest BCUT2D eigenvalue weighted by molar-refractivity contribution is 5.55. The summed E-state index contributed by atoms with van der Waals surface area (Å²) in [7, 11) is 0. The lowest BCUT2D eigenvalue weighted by molar-refractivity contribution is -0.181. The van der Waals surface area contributed by atoms with Gasteiger partial charge in [-0.05, 0) is 49.1 Å². The Hall–Kier alpha value is -2.04. The average Bonchev–Trinajstić information content (AvgIpc) is 2.86. The summed E-state index contributed by atoms with van der Waals surface area (Å²) in [6.45, 7) is 4.37. The molecule has 0 bridgehead atoms. The summed E-state index contributed by atoms with van der Waals surface area (Å²) >= 11 is 0. The third-order valence-corrected chi connectivity index (χ3v) is 6.48. The van der Waals surface area contributed by atoms with Crippen molar-refractivity contribution in [2.75, 3.05) is 0 Å². The summed E-state index contributed by atoms with van der Waals surface area (Å²) in [5, 5.41) is 0. The maximum absolute atomic E-state index is 14.1. The van der Waals surface area contributed by atoms with Crippen LogP contribution in [0.1, 0.15) is 122 Å². The molecule has 3 nitrogen and oxygen atoms in total. The van der Waals surface area contributed by atoms with Gasteiger partial charge in [0.1, 0.15) is 5.75 Å². The molecule has 2 rings (SSSR count). The molecule has 0 saturated heterocycles. The number of aryl methyl sites for hydroxylation is 1. The first-order valence-corrected chi connectivity index (χ1v) is 14.0. The summed E-state index contributed by atoms with van der Waals surface area (Å²) in [4.78, 5) is 8.96. The fourth-order valence-electron chi connectivity index (χ4n) is 4.28. The fourth-order valence-corrected chi connectivity index (χ4v) is 4.28. The van der Waals surface area contributed by atoms with Crippen molar-refractivity contribution in [1.29, 1.82) is 0 Å². The van der Waals surface area contributed by atoms with Gasteiger partial charge in [0.25, 0.3) is 0 Å². The molecule has 196 valence electrons. The summed E-state index contributed by atoms with van der Waals surface area (Å²) in [5.41, 5.74) is 1.94. The van der Waals surface area contributed by atoms with Crippen molar-refractivity contribution in [3.05, 3.63) is 42.2 Å². The van der Waals surface area contributed by atoms with E-state index in [2.05, 4.69) is 23.8 Å². The Bertz CT molecular complexity index is 778. The molecule has 0 fully saturated rings. The Morgan fingerprint density at radius 1 is 0.657 bits per heavy atom. The summed E-state index contributed by atoms with van der Waals surface area (Å²) in [5.74, 6) is 0.774. The van der Waals surface area contributed by atoms with Gasteiger partial charge in [0.2, 0.25) is 0 Å². The molecule has 2 aromatic rings. The van der Waals surface area contributed by atoms with Crippen molar-refractivity contribution in [2.24, 2.45) is 0 Å². The van der Waals surface area contributed by atoms with Crippen LogP contribution in [-0.4, -0.2) is 16.1 Å². The predicted molar refractivity (Wildman–Crippen MR) is 142 cm³/mol. The van der Waals surface area contributed by atoms with Crippen LogP contribution in [0, 0.1) is 0 Å². The Balaban J connectivity index is 1.67. The van der Waals surface area contributed by atoms with Crippen LogP contribution in [0.25, 0.3) is 11.4 Å². The normalized spacial score (nSPS) is 11.7. The molecule has 0 saturated carbocycles. The van der Waals surface area contributed by atoms with E-state index in [1.165, 1.54) is 57.8 Å². The first-order chi connectivity index (χ1) is 17.0. The van der Waals surface area contributed by atoms with Crippen molar-refractivity contribution in [2.45, 2.75) is 129 Å². The Kier molecular flexibility index (Phi) is 14.5. The number of halogens is 2. The van der Waals surface area contributed by atoms with Gasteiger partial charge < -0.3 is 4.74 Å². The highest BCUT2D eigenvalue weighted by Gasteiger charge is 2.30. The van der Waals surface area contributed by atoms with E-state index < -0.39 is 6.11 Å². The van der Waals surface area contributed by atoms with Gasteiger partial charge in [-0.3, -0.25) is 0 Å². The minimum Gasteiger partial charge on any atom is -0.433 e. The van der Waals surface area contributed by atoms with E-state index in [1.807, 2.05) is 12.4 Å². The largest absolute Gasteiger partial charge is 0.433 e. The van der Waals surface area contributed by atoms with Crippen LogP contribution in [-0.2, 0) is 6.42 Å². The van der Waals surface area contributed by atoms with Gasteiger partial charge in [0.05, 0.1) is 6.42 Å². The Morgan fingerprint density at radius 3 is 1.69 bits per heavy atom. The SMILES string of the molecule is CCCCCCCCCCCCc1cnc(-c2ccc(OC(F)(F)CCCCCCC)cc2)nc1. The molecule has 0 N–H and O–H groups in total. The average molecular weight is 489 g/mol. The molecule has 0 aliphatic heterocycles. The third kappa shape index (κ3) is 13.0. The molecule has 35 heavy (non-hydrogen) atoms. The predicted octanol–water partition coefficient (Wildman–Crippen LogP) is 9.94. The third-order valence-electron chi connectivity index (χ3n) is 6.48. The molecular weight excluding hydrogens is 442 g/mol. The highest BCUT2D eigenvalue weighted by atomic mass is 19.3. The minimum atomic E-state index is -3.14. The fraction of sp³-hybridized carbons (Fsp3) is 0.667. The van der Waals surface area contributed by atoms with E-state index in [0.29, 0.717) is 12.2 Å². The first kappa shape index (κ1) is 29.2. The zero-order valence-corrected chi connectivity index (χ0v) is 22.0. The number of benzene rings is 1. The molecule has 0 aliphatic rings. The summed E-state index contributed by atoms with van der Waals surface area (Å²) in [6.07, 6.45) is 19.1. The molecule has 1 aromatic heterocycles. The van der Waals surface area contributed by atoms with Crippen molar-refractivity contribution < 1.29 is 13.5 Å². The number of unbranched alkanes of at least 4 members (excludes halogenated alkanes) is 13. The maximum Gasteiger partial charge on any atom is 0.397 e. The second-order valence-electron chi connectivity index (χ2n) is 9.77. The van der Waals surface area contributed by atoms with E-state index in [1.54, 1.807) is 24.3 Å². The van der Waals surface area contributed by atoms with Crippen LogP contribution < -0.4 is 4.74 Å². The zero-order chi connectivity index (χ0) is 25.2. The summed E-state index contributed by atoms with van der Waals surface area (Å²) < 4.78 is 33.1. The van der Waals surface area contributed by atoms with Gasteiger partial charge in [0, 0.05) is 18.0 Å². The number of nitrogens with zero attached hydrogens (tertiary/aromatic N) is 2. The van der Waals surface area contributed by atoms with Crippen LogP contribution in [0.15, 0.2) is 36.7 Å². The number of rotatable bonds is 20. The molecule has 0 spiro atoms. The van der Waals surface area contributed by atoms with Gasteiger partial charge in [-0.2, -0.15) is 8.78 Å². The van der Waals surface area contributed by atoms with E-state index in [9.17, 15) is 8.78 Å². The van der Waals surface area contributed by atoms with Crippen LogP contribution >= 0.6 is 0 Å². The van der Waals surface area contributed by atoms with Crippen LogP contribution in [0.2, 0.25) is 0 Å². The lowest BCUT2D eigenvalue weighted by Gasteiger charge is -2.18. The molecule has 0 radical (unpaired) electrons. The highest BCUT2D eigenvalue weighted by Crippen LogP contribution is 2.28. The molecule has 0 aliphatic carbocycles. The quantitative estimate of drug-likeness (QED) is 0.174. The monoisotopic (exact) mass is 488 g/mol. The molecule has 0 unspecified atom stereocenters. The minimum absolute atomic E-state index is 0.171. The van der Waals surface area contributed by atoms with E-state index >= 15 is 0 Å².